The number of rotatable bonds is 5. The number of hydrogen-bond donors (Lipinski definition) is 2. The molecular formula is C15H15F3N4O2. The molecule has 2 rings (SSSR count). The van der Waals surface area contributed by atoms with Crippen molar-refractivity contribution in [2.45, 2.75) is 19.6 Å². The molecule has 0 atom stereocenters. The predicted molar refractivity (Wildman–Crippen MR) is 80.6 cm³/mol. The van der Waals surface area contributed by atoms with Crippen LogP contribution in [0.15, 0.2) is 36.5 Å². The van der Waals surface area contributed by atoms with Crippen LogP contribution in [0.25, 0.3) is 0 Å². The molecule has 2 heterocycles. The first-order valence-corrected chi connectivity index (χ1v) is 6.95. The van der Waals surface area contributed by atoms with Crippen LogP contribution in [0.1, 0.15) is 11.4 Å². The second-order valence-electron chi connectivity index (χ2n) is 4.87. The van der Waals surface area contributed by atoms with Crippen molar-refractivity contribution in [1.82, 2.24) is 15.3 Å². The molecule has 2 aromatic rings. The molecule has 6 nitrogen and oxygen atoms in total. The maximum Gasteiger partial charge on any atom is 0.422 e. The van der Waals surface area contributed by atoms with Gasteiger partial charge in [-0.25, -0.2) is 9.78 Å². The zero-order valence-electron chi connectivity index (χ0n) is 12.7. The summed E-state index contributed by atoms with van der Waals surface area (Å²) in [6.45, 7) is 0.669. The molecule has 24 heavy (non-hydrogen) atoms. The molecule has 0 saturated carbocycles. The quantitative estimate of drug-likeness (QED) is 0.877. The number of carbonyl (C=O) groups excluding carboxylic acids is 1. The lowest BCUT2D eigenvalue weighted by atomic mass is 10.3. The number of carbonyl (C=O) groups is 1. The van der Waals surface area contributed by atoms with Crippen LogP contribution in [0.4, 0.5) is 23.7 Å². The zero-order chi connectivity index (χ0) is 17.6. The van der Waals surface area contributed by atoms with E-state index in [-0.39, 0.29) is 12.4 Å². The summed E-state index contributed by atoms with van der Waals surface area (Å²) in [5.74, 6) is -0.178. The fourth-order valence-electron chi connectivity index (χ4n) is 1.74. The topological polar surface area (TPSA) is 76.1 Å². The number of hydrogen-bond acceptors (Lipinski definition) is 4. The Hall–Kier alpha value is -2.84. The fourth-order valence-corrected chi connectivity index (χ4v) is 1.74. The number of aryl methyl sites for hydroxylation is 1. The minimum atomic E-state index is -4.43. The summed E-state index contributed by atoms with van der Waals surface area (Å²) in [5, 5.41) is 5.12. The van der Waals surface area contributed by atoms with Gasteiger partial charge >= 0.3 is 12.2 Å². The Morgan fingerprint density at radius 3 is 2.67 bits per heavy atom. The Labute approximate surface area is 136 Å². The highest BCUT2D eigenvalue weighted by Gasteiger charge is 2.28. The molecule has 0 aromatic carbocycles. The minimum Gasteiger partial charge on any atom is -0.468 e. The third-order valence-corrected chi connectivity index (χ3v) is 2.75. The number of ether oxygens (including phenoxy) is 1. The number of anilines is 1. The molecule has 0 spiro atoms. The molecule has 0 aliphatic heterocycles. The van der Waals surface area contributed by atoms with E-state index in [1.165, 1.54) is 18.3 Å². The number of halogens is 3. The molecule has 9 heteroatoms. The Morgan fingerprint density at radius 1 is 1.25 bits per heavy atom. The first-order valence-electron chi connectivity index (χ1n) is 6.95. The van der Waals surface area contributed by atoms with Crippen molar-refractivity contribution in [3.05, 3.63) is 47.9 Å². The Kier molecular flexibility index (Phi) is 5.56. The van der Waals surface area contributed by atoms with Crippen LogP contribution in [0, 0.1) is 6.92 Å². The van der Waals surface area contributed by atoms with Gasteiger partial charge in [-0.05, 0) is 25.1 Å². The second-order valence-corrected chi connectivity index (χ2v) is 4.87. The summed E-state index contributed by atoms with van der Waals surface area (Å²) in [6, 6.07) is 7.61. The van der Waals surface area contributed by atoms with E-state index < -0.39 is 18.8 Å². The summed E-state index contributed by atoms with van der Waals surface area (Å²) < 4.78 is 40.5. The van der Waals surface area contributed by atoms with E-state index in [1.54, 1.807) is 6.07 Å². The number of alkyl halides is 3. The van der Waals surface area contributed by atoms with Crippen LogP contribution in [-0.2, 0) is 6.54 Å². The van der Waals surface area contributed by atoms with Gasteiger partial charge in [0.15, 0.2) is 6.61 Å². The average Bonchev–Trinajstić information content (AvgIpc) is 2.52. The van der Waals surface area contributed by atoms with E-state index in [4.69, 9.17) is 0 Å². The highest BCUT2D eigenvalue weighted by Crippen LogP contribution is 2.17. The van der Waals surface area contributed by atoms with Gasteiger partial charge < -0.3 is 15.4 Å². The summed E-state index contributed by atoms with van der Waals surface area (Å²) >= 11 is 0. The number of aromatic nitrogens is 2. The van der Waals surface area contributed by atoms with Gasteiger partial charge in [-0.1, -0.05) is 6.07 Å². The molecule has 0 unspecified atom stereocenters. The van der Waals surface area contributed by atoms with Gasteiger partial charge in [-0.2, -0.15) is 13.2 Å². The van der Waals surface area contributed by atoms with E-state index in [9.17, 15) is 18.0 Å². The van der Waals surface area contributed by atoms with Gasteiger partial charge in [0.05, 0.1) is 24.1 Å². The number of nitrogens with one attached hydrogen (secondary N) is 2. The second kappa shape index (κ2) is 7.62. The molecule has 2 aromatic heterocycles. The first-order chi connectivity index (χ1) is 11.3. The Morgan fingerprint density at radius 2 is 2.04 bits per heavy atom. The molecule has 0 saturated heterocycles. The number of urea groups is 1. The Bertz CT molecular complexity index is 690. The van der Waals surface area contributed by atoms with Crippen molar-refractivity contribution in [1.29, 1.82) is 0 Å². The smallest absolute Gasteiger partial charge is 0.422 e. The van der Waals surface area contributed by atoms with Crippen LogP contribution in [0.5, 0.6) is 5.88 Å². The number of pyridine rings is 2. The highest BCUT2D eigenvalue weighted by atomic mass is 19.4. The summed E-state index contributed by atoms with van der Waals surface area (Å²) in [4.78, 5) is 19.7. The van der Waals surface area contributed by atoms with E-state index in [1.807, 2.05) is 19.1 Å². The summed E-state index contributed by atoms with van der Waals surface area (Å²) in [7, 11) is 0. The van der Waals surface area contributed by atoms with Gasteiger partial charge in [0.2, 0.25) is 5.88 Å². The van der Waals surface area contributed by atoms with E-state index >= 15 is 0 Å². The van der Waals surface area contributed by atoms with Crippen LogP contribution >= 0.6 is 0 Å². The van der Waals surface area contributed by atoms with Crippen molar-refractivity contribution >= 4 is 11.7 Å². The molecule has 0 aliphatic carbocycles. The first kappa shape index (κ1) is 17.5. The van der Waals surface area contributed by atoms with E-state index in [2.05, 4.69) is 25.3 Å². The monoisotopic (exact) mass is 340 g/mol. The number of amides is 2. The van der Waals surface area contributed by atoms with Gasteiger partial charge in [-0.3, -0.25) is 4.98 Å². The highest BCUT2D eigenvalue weighted by molar-refractivity contribution is 5.88. The lowest BCUT2D eigenvalue weighted by Gasteiger charge is -2.10. The van der Waals surface area contributed by atoms with Crippen LogP contribution in [-0.4, -0.2) is 28.8 Å². The molecule has 2 N–H and O–H groups in total. The third kappa shape index (κ3) is 6.11. The SMILES string of the molecule is Cc1cccc(CNC(=O)Nc2ccc(OCC(F)(F)F)nc2)n1. The third-order valence-electron chi connectivity index (χ3n) is 2.75. The lowest BCUT2D eigenvalue weighted by molar-refractivity contribution is -0.154. The predicted octanol–water partition coefficient (Wildman–Crippen LogP) is 3.05. The van der Waals surface area contributed by atoms with Gasteiger partial charge in [-0.15, -0.1) is 0 Å². The van der Waals surface area contributed by atoms with Crippen molar-refractivity contribution in [2.24, 2.45) is 0 Å². The van der Waals surface area contributed by atoms with E-state index in [0.29, 0.717) is 11.4 Å². The number of nitrogens with zero attached hydrogens (tertiary/aromatic N) is 2. The van der Waals surface area contributed by atoms with Crippen molar-refractivity contribution in [2.75, 3.05) is 11.9 Å². The fraction of sp³-hybridized carbons (Fsp3) is 0.267. The van der Waals surface area contributed by atoms with Crippen LogP contribution < -0.4 is 15.4 Å². The van der Waals surface area contributed by atoms with Crippen molar-refractivity contribution in [3.63, 3.8) is 0 Å². The van der Waals surface area contributed by atoms with Crippen molar-refractivity contribution in [3.8, 4) is 5.88 Å². The minimum absolute atomic E-state index is 0.178. The average molecular weight is 340 g/mol. The van der Waals surface area contributed by atoms with Gasteiger partial charge in [0.1, 0.15) is 0 Å². The Balaban J connectivity index is 1.81. The maximum atomic E-state index is 12.0. The molecule has 0 fully saturated rings. The van der Waals surface area contributed by atoms with Crippen molar-refractivity contribution < 1.29 is 22.7 Å². The van der Waals surface area contributed by atoms with Crippen LogP contribution in [0.2, 0.25) is 0 Å². The summed E-state index contributed by atoms with van der Waals surface area (Å²) in [5.41, 5.74) is 1.87. The maximum absolute atomic E-state index is 12.0. The van der Waals surface area contributed by atoms with Crippen LogP contribution in [0.3, 0.4) is 0 Å². The van der Waals surface area contributed by atoms with Gasteiger partial charge in [0, 0.05) is 11.8 Å². The molecule has 128 valence electrons. The van der Waals surface area contributed by atoms with E-state index in [0.717, 1.165) is 5.69 Å². The molecule has 2 amide bonds. The molecular weight excluding hydrogens is 325 g/mol. The molecule has 0 radical (unpaired) electrons. The van der Waals surface area contributed by atoms with Gasteiger partial charge in [0.25, 0.3) is 0 Å². The molecule has 0 bridgehead atoms. The standard InChI is InChI=1S/C15H15F3N4O2/c1-10-3-2-4-11(21-10)8-20-14(23)22-12-5-6-13(19-7-12)24-9-15(16,17)18/h2-7H,8-9H2,1H3,(H2,20,22,23). The zero-order valence-corrected chi connectivity index (χ0v) is 12.7. The lowest BCUT2D eigenvalue weighted by Crippen LogP contribution is -2.28. The largest absolute Gasteiger partial charge is 0.468 e. The summed E-state index contributed by atoms with van der Waals surface area (Å²) in [6.07, 6.45) is -3.22. The molecule has 0 aliphatic rings. The normalized spacial score (nSPS) is 11.0.